The molecule has 3 heterocycles. The van der Waals surface area contributed by atoms with Crippen LogP contribution in [0.5, 0.6) is 0 Å². The molecule has 2 aromatic rings. The maximum absolute atomic E-state index is 10.6. The Kier molecular flexibility index (Phi) is 4.18. The van der Waals surface area contributed by atoms with Gasteiger partial charge in [-0.05, 0) is 44.7 Å². The van der Waals surface area contributed by atoms with Gasteiger partial charge in [0.2, 0.25) is 0 Å². The topological polar surface area (TPSA) is 59.1 Å². The van der Waals surface area contributed by atoms with Crippen LogP contribution < -0.4 is 0 Å². The van der Waals surface area contributed by atoms with E-state index in [0.717, 1.165) is 44.2 Å². The standard InChI is InChI=1S/C18H27N5O/c1-21-10-7-19-18(21)17(24)14-5-8-23(9-6-14)12-15-11-20-22(2)16(15)13-3-4-13/h7,10-11,13-14,17,24H,3-6,8-9,12H2,1-2H3. The van der Waals surface area contributed by atoms with Gasteiger partial charge >= 0.3 is 0 Å². The summed E-state index contributed by atoms with van der Waals surface area (Å²) in [6, 6.07) is 0. The summed E-state index contributed by atoms with van der Waals surface area (Å²) in [7, 11) is 4.01. The van der Waals surface area contributed by atoms with E-state index >= 15 is 0 Å². The first-order chi connectivity index (χ1) is 11.6. The van der Waals surface area contributed by atoms with Crippen LogP contribution in [0.25, 0.3) is 0 Å². The van der Waals surface area contributed by atoms with Crippen LogP contribution in [-0.2, 0) is 20.6 Å². The smallest absolute Gasteiger partial charge is 0.137 e. The van der Waals surface area contributed by atoms with Crippen molar-refractivity contribution < 1.29 is 5.11 Å². The fourth-order valence-corrected chi connectivity index (χ4v) is 4.04. The minimum Gasteiger partial charge on any atom is -0.385 e. The molecule has 130 valence electrons. The van der Waals surface area contributed by atoms with E-state index in [9.17, 15) is 5.11 Å². The highest BCUT2D eigenvalue weighted by Crippen LogP contribution is 2.41. The second kappa shape index (κ2) is 6.33. The van der Waals surface area contributed by atoms with E-state index in [-0.39, 0.29) is 0 Å². The summed E-state index contributed by atoms with van der Waals surface area (Å²) in [5, 5.41) is 15.1. The Morgan fingerprint density at radius 3 is 2.58 bits per heavy atom. The first kappa shape index (κ1) is 15.8. The largest absolute Gasteiger partial charge is 0.385 e. The number of aromatic nitrogens is 4. The number of piperidine rings is 1. The van der Waals surface area contributed by atoms with Crippen LogP contribution in [0.3, 0.4) is 0 Å². The molecule has 0 amide bonds. The molecule has 4 rings (SSSR count). The van der Waals surface area contributed by atoms with Crippen LogP contribution in [-0.4, -0.2) is 42.4 Å². The molecule has 1 aliphatic heterocycles. The van der Waals surface area contributed by atoms with Gasteiger partial charge in [-0.3, -0.25) is 9.58 Å². The molecule has 1 aliphatic carbocycles. The lowest BCUT2D eigenvalue weighted by molar-refractivity contribution is 0.0491. The molecule has 0 spiro atoms. The molecule has 6 nitrogen and oxygen atoms in total. The number of aliphatic hydroxyl groups is 1. The molecule has 1 unspecified atom stereocenters. The molecule has 0 bridgehead atoms. The number of aryl methyl sites for hydroxylation is 2. The third kappa shape index (κ3) is 3.00. The van der Waals surface area contributed by atoms with Crippen molar-refractivity contribution in [2.45, 2.75) is 44.2 Å². The summed E-state index contributed by atoms with van der Waals surface area (Å²) in [6.07, 6.45) is 9.91. The molecular weight excluding hydrogens is 302 g/mol. The first-order valence-electron chi connectivity index (χ1n) is 9.02. The lowest BCUT2D eigenvalue weighted by Gasteiger charge is -2.34. The van der Waals surface area contributed by atoms with Gasteiger partial charge in [-0.25, -0.2) is 4.98 Å². The Balaban J connectivity index is 1.36. The molecule has 6 heteroatoms. The average molecular weight is 329 g/mol. The predicted octanol–water partition coefficient (Wildman–Crippen LogP) is 1.98. The molecular formula is C18H27N5O. The van der Waals surface area contributed by atoms with Gasteiger partial charge in [0.1, 0.15) is 11.9 Å². The number of aliphatic hydroxyl groups excluding tert-OH is 1. The summed E-state index contributed by atoms with van der Waals surface area (Å²) < 4.78 is 3.99. The van der Waals surface area contributed by atoms with Crippen LogP contribution in [0.4, 0.5) is 0 Å². The van der Waals surface area contributed by atoms with E-state index in [1.54, 1.807) is 6.20 Å². The minimum atomic E-state index is -0.451. The summed E-state index contributed by atoms with van der Waals surface area (Å²) in [4.78, 5) is 6.81. The molecule has 24 heavy (non-hydrogen) atoms. The fraction of sp³-hybridized carbons (Fsp3) is 0.667. The van der Waals surface area contributed by atoms with E-state index < -0.39 is 6.10 Å². The quantitative estimate of drug-likeness (QED) is 0.911. The average Bonchev–Trinajstić information content (AvgIpc) is 3.22. The Hall–Kier alpha value is -1.66. The summed E-state index contributed by atoms with van der Waals surface area (Å²) in [6.45, 7) is 3.06. The van der Waals surface area contributed by atoms with Gasteiger partial charge in [0, 0.05) is 50.2 Å². The van der Waals surface area contributed by atoms with Crippen molar-refractivity contribution in [1.29, 1.82) is 0 Å². The van der Waals surface area contributed by atoms with Gasteiger partial charge in [0.25, 0.3) is 0 Å². The van der Waals surface area contributed by atoms with Crippen molar-refractivity contribution in [2.24, 2.45) is 20.0 Å². The monoisotopic (exact) mass is 329 g/mol. The molecule has 2 aromatic heterocycles. The zero-order chi connectivity index (χ0) is 16.7. The van der Waals surface area contributed by atoms with E-state index in [1.807, 2.05) is 24.0 Å². The van der Waals surface area contributed by atoms with Gasteiger partial charge < -0.3 is 9.67 Å². The predicted molar refractivity (Wildman–Crippen MR) is 91.4 cm³/mol. The molecule has 2 aliphatic rings. The van der Waals surface area contributed by atoms with Crippen molar-refractivity contribution in [3.05, 3.63) is 35.7 Å². The minimum absolute atomic E-state index is 0.305. The third-order valence-corrected chi connectivity index (χ3v) is 5.62. The molecule has 0 aromatic carbocycles. The van der Waals surface area contributed by atoms with Gasteiger partial charge in [-0.2, -0.15) is 5.10 Å². The Bertz CT molecular complexity index is 694. The van der Waals surface area contributed by atoms with Gasteiger partial charge in [0.05, 0.1) is 6.20 Å². The number of nitrogens with zero attached hydrogens (tertiary/aromatic N) is 5. The Morgan fingerprint density at radius 1 is 1.21 bits per heavy atom. The third-order valence-electron chi connectivity index (χ3n) is 5.62. The highest BCUT2D eigenvalue weighted by molar-refractivity contribution is 5.25. The van der Waals surface area contributed by atoms with E-state index in [1.165, 1.54) is 24.1 Å². The Labute approximate surface area is 143 Å². The van der Waals surface area contributed by atoms with Gasteiger partial charge in [-0.1, -0.05) is 0 Å². The van der Waals surface area contributed by atoms with E-state index in [2.05, 4.69) is 26.7 Å². The molecule has 1 atom stereocenters. The fourth-order valence-electron chi connectivity index (χ4n) is 4.04. The van der Waals surface area contributed by atoms with Crippen molar-refractivity contribution in [1.82, 2.24) is 24.2 Å². The number of rotatable bonds is 5. The molecule has 2 fully saturated rings. The first-order valence-corrected chi connectivity index (χ1v) is 9.02. The molecule has 1 saturated heterocycles. The van der Waals surface area contributed by atoms with Crippen molar-refractivity contribution >= 4 is 0 Å². The van der Waals surface area contributed by atoms with Crippen LogP contribution >= 0.6 is 0 Å². The van der Waals surface area contributed by atoms with Crippen LogP contribution in [0, 0.1) is 5.92 Å². The number of likely N-dealkylation sites (tertiary alicyclic amines) is 1. The van der Waals surface area contributed by atoms with Crippen LogP contribution in [0.15, 0.2) is 18.6 Å². The van der Waals surface area contributed by atoms with E-state index in [4.69, 9.17) is 0 Å². The lowest BCUT2D eigenvalue weighted by atomic mass is 9.90. The lowest BCUT2D eigenvalue weighted by Crippen LogP contribution is -2.35. The zero-order valence-corrected chi connectivity index (χ0v) is 14.6. The second-order valence-electron chi connectivity index (χ2n) is 7.41. The summed E-state index contributed by atoms with van der Waals surface area (Å²) in [5.41, 5.74) is 2.83. The normalized spacial score (nSPS) is 21.3. The van der Waals surface area contributed by atoms with Crippen LogP contribution in [0.1, 0.15) is 54.8 Å². The maximum Gasteiger partial charge on any atom is 0.137 e. The van der Waals surface area contributed by atoms with E-state index in [0.29, 0.717) is 5.92 Å². The molecule has 0 radical (unpaired) electrons. The SMILES string of the molecule is Cn1ccnc1C(O)C1CCN(Cc2cnn(C)c2C2CC2)CC1. The summed E-state index contributed by atoms with van der Waals surface area (Å²) >= 11 is 0. The van der Waals surface area contributed by atoms with Crippen molar-refractivity contribution in [2.75, 3.05) is 13.1 Å². The second-order valence-corrected chi connectivity index (χ2v) is 7.41. The number of hydrogen-bond acceptors (Lipinski definition) is 4. The molecule has 1 N–H and O–H groups in total. The maximum atomic E-state index is 10.6. The summed E-state index contributed by atoms with van der Waals surface area (Å²) in [5.74, 6) is 1.83. The number of hydrogen-bond donors (Lipinski definition) is 1. The number of imidazole rings is 1. The van der Waals surface area contributed by atoms with Gasteiger partial charge in [-0.15, -0.1) is 0 Å². The van der Waals surface area contributed by atoms with Crippen molar-refractivity contribution in [3.63, 3.8) is 0 Å². The highest BCUT2D eigenvalue weighted by atomic mass is 16.3. The van der Waals surface area contributed by atoms with Gasteiger partial charge in [0.15, 0.2) is 0 Å². The molecule has 1 saturated carbocycles. The Morgan fingerprint density at radius 2 is 1.96 bits per heavy atom. The highest BCUT2D eigenvalue weighted by Gasteiger charge is 2.32. The van der Waals surface area contributed by atoms with Crippen molar-refractivity contribution in [3.8, 4) is 0 Å². The zero-order valence-electron chi connectivity index (χ0n) is 14.6. The van der Waals surface area contributed by atoms with Crippen LogP contribution in [0.2, 0.25) is 0 Å².